The van der Waals surface area contributed by atoms with Gasteiger partial charge in [-0.3, -0.25) is 9.59 Å². The molecule has 5 nitrogen and oxygen atoms in total. The minimum absolute atomic E-state index is 0.0142. The van der Waals surface area contributed by atoms with E-state index in [0.717, 1.165) is 0 Å². The summed E-state index contributed by atoms with van der Waals surface area (Å²) < 4.78 is 5.25. The van der Waals surface area contributed by atoms with Gasteiger partial charge >= 0.3 is 0 Å². The number of hydrogen-bond donors (Lipinski definition) is 2. The zero-order valence-corrected chi connectivity index (χ0v) is 12.7. The zero-order chi connectivity index (χ0) is 15.7. The van der Waals surface area contributed by atoms with Crippen LogP contribution in [-0.4, -0.2) is 18.4 Å². The predicted molar refractivity (Wildman–Crippen MR) is 85.0 cm³/mol. The number of halogens is 2. The number of fused-ring (bicyclic) bond motifs is 1. The van der Waals surface area contributed by atoms with Crippen LogP contribution in [0.4, 0.5) is 11.4 Å². The molecule has 0 fully saturated rings. The molecule has 3 rings (SSSR count). The molecule has 1 heterocycles. The Morgan fingerprint density at radius 1 is 1.14 bits per heavy atom. The third-order valence-corrected chi connectivity index (χ3v) is 3.43. The Bertz CT molecular complexity index is 757. The molecule has 0 bridgehead atoms. The lowest BCUT2D eigenvalue weighted by Gasteiger charge is -2.18. The monoisotopic (exact) mass is 336 g/mol. The first-order chi connectivity index (χ1) is 10.5. The van der Waals surface area contributed by atoms with Gasteiger partial charge in [0, 0.05) is 21.3 Å². The van der Waals surface area contributed by atoms with E-state index in [1.54, 1.807) is 24.3 Å². The second-order valence-corrected chi connectivity index (χ2v) is 5.53. The molecule has 0 aliphatic carbocycles. The highest BCUT2D eigenvalue weighted by molar-refractivity contribution is 6.35. The number of benzene rings is 2. The number of carbonyl (C=O) groups is 2. The van der Waals surface area contributed by atoms with E-state index in [0.29, 0.717) is 32.7 Å². The maximum atomic E-state index is 12.2. The molecule has 112 valence electrons. The summed E-state index contributed by atoms with van der Waals surface area (Å²) in [7, 11) is 0. The first kappa shape index (κ1) is 14.7. The lowest BCUT2D eigenvalue weighted by molar-refractivity contribution is -0.118. The summed E-state index contributed by atoms with van der Waals surface area (Å²) in [5.74, 6) is -0.0339. The number of ether oxygens (including phenoxy) is 1. The van der Waals surface area contributed by atoms with E-state index < -0.39 is 0 Å². The van der Waals surface area contributed by atoms with Gasteiger partial charge in [0.25, 0.3) is 11.8 Å². The van der Waals surface area contributed by atoms with E-state index in [1.165, 1.54) is 12.1 Å². The molecule has 0 aromatic heterocycles. The maximum absolute atomic E-state index is 12.2. The maximum Gasteiger partial charge on any atom is 0.262 e. The van der Waals surface area contributed by atoms with Crippen molar-refractivity contribution in [3.8, 4) is 5.75 Å². The van der Waals surface area contributed by atoms with Crippen LogP contribution in [0.2, 0.25) is 10.0 Å². The fourth-order valence-corrected chi connectivity index (χ4v) is 2.58. The van der Waals surface area contributed by atoms with Gasteiger partial charge in [-0.15, -0.1) is 0 Å². The second kappa shape index (κ2) is 5.87. The SMILES string of the molecule is O=C1COc2ccc(NC(=O)c3cc(Cl)cc(Cl)c3)cc2N1. The van der Waals surface area contributed by atoms with Crippen molar-refractivity contribution in [2.45, 2.75) is 0 Å². The first-order valence-corrected chi connectivity index (χ1v) is 7.11. The molecule has 0 saturated carbocycles. The topological polar surface area (TPSA) is 67.4 Å². The van der Waals surface area contributed by atoms with Gasteiger partial charge in [0.05, 0.1) is 5.69 Å². The van der Waals surface area contributed by atoms with Crippen LogP contribution >= 0.6 is 23.2 Å². The van der Waals surface area contributed by atoms with Gasteiger partial charge in [0.15, 0.2) is 6.61 Å². The van der Waals surface area contributed by atoms with Crippen LogP contribution in [0.25, 0.3) is 0 Å². The standard InChI is InChI=1S/C15H10Cl2N2O3/c16-9-3-8(4-10(17)5-9)15(21)18-11-1-2-13-12(6-11)19-14(20)7-22-13/h1-6H,7H2,(H,18,21)(H,19,20). The van der Waals surface area contributed by atoms with Crippen molar-refractivity contribution in [1.29, 1.82) is 0 Å². The van der Waals surface area contributed by atoms with Gasteiger partial charge in [-0.1, -0.05) is 23.2 Å². The Labute approximate surface area is 136 Å². The van der Waals surface area contributed by atoms with Crippen LogP contribution in [0, 0.1) is 0 Å². The Morgan fingerprint density at radius 2 is 1.86 bits per heavy atom. The lowest BCUT2D eigenvalue weighted by Crippen LogP contribution is -2.25. The van der Waals surface area contributed by atoms with Crippen LogP contribution in [0.15, 0.2) is 36.4 Å². The molecule has 0 radical (unpaired) electrons. The van der Waals surface area contributed by atoms with Gasteiger partial charge in [0.2, 0.25) is 0 Å². The minimum Gasteiger partial charge on any atom is -0.482 e. The van der Waals surface area contributed by atoms with Crippen LogP contribution in [0.5, 0.6) is 5.75 Å². The smallest absolute Gasteiger partial charge is 0.262 e. The molecule has 2 N–H and O–H groups in total. The molecule has 2 amide bonds. The number of rotatable bonds is 2. The largest absolute Gasteiger partial charge is 0.482 e. The lowest BCUT2D eigenvalue weighted by atomic mass is 10.2. The van der Waals surface area contributed by atoms with E-state index in [-0.39, 0.29) is 18.4 Å². The average molecular weight is 337 g/mol. The summed E-state index contributed by atoms with van der Waals surface area (Å²) in [6, 6.07) is 9.57. The molecule has 0 saturated heterocycles. The summed E-state index contributed by atoms with van der Waals surface area (Å²) in [6.45, 7) is -0.0142. The molecule has 22 heavy (non-hydrogen) atoms. The molecule has 2 aromatic rings. The molecule has 0 unspecified atom stereocenters. The molecule has 1 aliphatic heterocycles. The van der Waals surface area contributed by atoms with Crippen LogP contribution < -0.4 is 15.4 Å². The summed E-state index contributed by atoms with van der Waals surface area (Å²) in [5, 5.41) is 6.15. The Morgan fingerprint density at radius 3 is 2.59 bits per heavy atom. The van der Waals surface area contributed by atoms with Crippen molar-refractivity contribution in [2.24, 2.45) is 0 Å². The fraction of sp³-hybridized carbons (Fsp3) is 0.0667. The molecular formula is C15H10Cl2N2O3. The Kier molecular flexibility index (Phi) is 3.92. The van der Waals surface area contributed by atoms with E-state index in [4.69, 9.17) is 27.9 Å². The van der Waals surface area contributed by atoms with Crippen molar-refractivity contribution in [2.75, 3.05) is 17.2 Å². The highest BCUT2D eigenvalue weighted by Crippen LogP contribution is 2.30. The van der Waals surface area contributed by atoms with Crippen LogP contribution in [-0.2, 0) is 4.79 Å². The van der Waals surface area contributed by atoms with Crippen molar-refractivity contribution in [3.05, 3.63) is 52.0 Å². The summed E-state index contributed by atoms with van der Waals surface area (Å²) in [4.78, 5) is 23.5. The fourth-order valence-electron chi connectivity index (χ4n) is 2.05. The van der Waals surface area contributed by atoms with Gasteiger partial charge < -0.3 is 15.4 Å². The summed E-state index contributed by atoms with van der Waals surface area (Å²) in [6.07, 6.45) is 0. The van der Waals surface area contributed by atoms with Crippen LogP contribution in [0.3, 0.4) is 0 Å². The minimum atomic E-state index is -0.354. The van der Waals surface area contributed by atoms with Crippen LogP contribution in [0.1, 0.15) is 10.4 Å². The quantitative estimate of drug-likeness (QED) is 0.880. The molecule has 2 aromatic carbocycles. The highest BCUT2D eigenvalue weighted by atomic mass is 35.5. The van der Waals surface area contributed by atoms with E-state index >= 15 is 0 Å². The normalized spacial score (nSPS) is 12.9. The predicted octanol–water partition coefficient (Wildman–Crippen LogP) is 3.58. The zero-order valence-electron chi connectivity index (χ0n) is 11.2. The van der Waals surface area contributed by atoms with Crippen molar-refractivity contribution >= 4 is 46.4 Å². The number of carbonyl (C=O) groups excluding carboxylic acids is 2. The molecule has 0 spiro atoms. The Hall–Kier alpha value is -2.24. The molecular weight excluding hydrogens is 327 g/mol. The number of anilines is 2. The van der Waals surface area contributed by atoms with E-state index in [1.807, 2.05) is 0 Å². The summed E-state index contributed by atoms with van der Waals surface area (Å²) in [5.41, 5.74) is 1.37. The van der Waals surface area contributed by atoms with Gasteiger partial charge in [-0.05, 0) is 36.4 Å². The van der Waals surface area contributed by atoms with Crippen molar-refractivity contribution in [3.63, 3.8) is 0 Å². The Balaban J connectivity index is 1.82. The number of hydrogen-bond acceptors (Lipinski definition) is 3. The van der Waals surface area contributed by atoms with E-state index in [2.05, 4.69) is 10.6 Å². The third-order valence-electron chi connectivity index (χ3n) is 3.00. The third kappa shape index (κ3) is 3.16. The molecule has 7 heteroatoms. The van der Waals surface area contributed by atoms with Crippen molar-refractivity contribution in [1.82, 2.24) is 0 Å². The number of nitrogens with one attached hydrogen (secondary N) is 2. The highest BCUT2D eigenvalue weighted by Gasteiger charge is 2.17. The average Bonchev–Trinajstić information content (AvgIpc) is 2.45. The van der Waals surface area contributed by atoms with Crippen molar-refractivity contribution < 1.29 is 14.3 Å². The van der Waals surface area contributed by atoms with Gasteiger partial charge in [0.1, 0.15) is 5.75 Å². The molecule has 0 atom stereocenters. The molecule has 1 aliphatic rings. The summed E-state index contributed by atoms with van der Waals surface area (Å²) >= 11 is 11.8. The van der Waals surface area contributed by atoms with Gasteiger partial charge in [-0.25, -0.2) is 0 Å². The van der Waals surface area contributed by atoms with Gasteiger partial charge in [-0.2, -0.15) is 0 Å². The first-order valence-electron chi connectivity index (χ1n) is 6.35. The van der Waals surface area contributed by atoms with E-state index in [9.17, 15) is 9.59 Å². The second-order valence-electron chi connectivity index (χ2n) is 4.66. The number of amides is 2.